The van der Waals surface area contributed by atoms with E-state index in [1.165, 1.54) is 12.3 Å². The lowest BCUT2D eigenvalue weighted by atomic mass is 10.2. The van der Waals surface area contributed by atoms with Gasteiger partial charge >= 0.3 is 5.97 Å². The second-order valence-electron chi connectivity index (χ2n) is 3.59. The van der Waals surface area contributed by atoms with Crippen LogP contribution in [0.2, 0.25) is 0 Å². The molecule has 1 N–H and O–H groups in total. The molecule has 0 aliphatic rings. The second-order valence-corrected chi connectivity index (χ2v) is 4.51. The molecule has 1 aromatic carbocycles. The lowest BCUT2D eigenvalue weighted by molar-refractivity contribution is 0.0693. The number of aromatic carboxylic acids is 1. The topological polar surface area (TPSA) is 68.7 Å². The number of carbonyl (C=O) groups is 1. The van der Waals surface area contributed by atoms with Crippen molar-refractivity contribution in [3.05, 3.63) is 46.6 Å². The molecule has 0 fully saturated rings. The van der Waals surface area contributed by atoms with Gasteiger partial charge in [-0.3, -0.25) is 0 Å². The van der Waals surface area contributed by atoms with Crippen LogP contribution >= 0.6 is 15.9 Å². The van der Waals surface area contributed by atoms with Gasteiger partial charge in [0.25, 0.3) is 0 Å². The maximum absolute atomic E-state index is 11.1. The fourth-order valence-electron chi connectivity index (χ4n) is 1.44. The van der Waals surface area contributed by atoms with Crippen molar-refractivity contribution in [2.45, 2.75) is 0 Å². The van der Waals surface area contributed by atoms with E-state index in [1.54, 1.807) is 31.4 Å². The number of methoxy groups -OCH3 is 1. The zero-order valence-electron chi connectivity index (χ0n) is 9.96. The summed E-state index contributed by atoms with van der Waals surface area (Å²) in [5.74, 6) is -0.00110. The molecule has 0 radical (unpaired) electrons. The summed E-state index contributed by atoms with van der Waals surface area (Å²) in [5.41, 5.74) is -0.0165. The van der Waals surface area contributed by atoms with Gasteiger partial charge in [0, 0.05) is 16.7 Å². The fourth-order valence-corrected chi connectivity index (χ4v) is 1.77. The molecule has 0 amide bonds. The first-order chi connectivity index (χ1) is 9.10. The molecule has 1 aromatic heterocycles. The van der Waals surface area contributed by atoms with Crippen LogP contribution in [0.1, 0.15) is 10.4 Å². The lowest BCUT2D eigenvalue weighted by Gasteiger charge is -2.08. The van der Waals surface area contributed by atoms with Crippen molar-refractivity contribution in [3.8, 4) is 17.4 Å². The van der Waals surface area contributed by atoms with Crippen LogP contribution < -0.4 is 9.47 Å². The Labute approximate surface area is 117 Å². The Hall–Kier alpha value is -2.08. The molecule has 0 aliphatic carbocycles. The van der Waals surface area contributed by atoms with E-state index in [9.17, 15) is 4.79 Å². The number of halogens is 1. The summed E-state index contributed by atoms with van der Waals surface area (Å²) >= 11 is 3.17. The largest absolute Gasteiger partial charge is 0.497 e. The van der Waals surface area contributed by atoms with Gasteiger partial charge in [0.15, 0.2) is 0 Å². The Morgan fingerprint density at radius 2 is 2.05 bits per heavy atom. The SMILES string of the molecule is COc1cccc(Oc2ncc(Br)cc2C(=O)O)c1. The summed E-state index contributed by atoms with van der Waals surface area (Å²) in [6.07, 6.45) is 1.47. The van der Waals surface area contributed by atoms with Crippen LogP contribution in [0.4, 0.5) is 0 Å². The summed E-state index contributed by atoms with van der Waals surface area (Å²) < 4.78 is 11.1. The highest BCUT2D eigenvalue weighted by Gasteiger charge is 2.14. The Balaban J connectivity index is 2.34. The van der Waals surface area contributed by atoms with Gasteiger partial charge in [0.05, 0.1) is 7.11 Å². The van der Waals surface area contributed by atoms with Crippen LogP contribution in [-0.2, 0) is 0 Å². The number of benzene rings is 1. The van der Waals surface area contributed by atoms with Gasteiger partial charge in [-0.1, -0.05) is 6.07 Å². The van der Waals surface area contributed by atoms with E-state index < -0.39 is 5.97 Å². The number of pyridine rings is 1. The molecule has 0 aliphatic heterocycles. The molecule has 0 unspecified atom stereocenters. The number of hydrogen-bond donors (Lipinski definition) is 1. The Bertz CT molecular complexity index is 615. The Kier molecular flexibility index (Phi) is 4.01. The summed E-state index contributed by atoms with van der Waals surface area (Å²) in [4.78, 5) is 15.1. The third kappa shape index (κ3) is 3.23. The van der Waals surface area contributed by atoms with E-state index in [2.05, 4.69) is 20.9 Å². The van der Waals surface area contributed by atoms with Gasteiger partial charge in [-0.2, -0.15) is 0 Å². The van der Waals surface area contributed by atoms with Gasteiger partial charge < -0.3 is 14.6 Å². The standard InChI is InChI=1S/C13H10BrNO4/c1-18-9-3-2-4-10(6-9)19-12-11(13(16)17)5-8(14)7-15-12/h2-7H,1H3,(H,16,17). The van der Waals surface area contributed by atoms with Crippen LogP contribution in [-0.4, -0.2) is 23.2 Å². The molecule has 0 saturated carbocycles. The molecule has 19 heavy (non-hydrogen) atoms. The molecule has 98 valence electrons. The second kappa shape index (κ2) is 5.71. The smallest absolute Gasteiger partial charge is 0.341 e. The zero-order valence-corrected chi connectivity index (χ0v) is 11.5. The minimum absolute atomic E-state index is 0.0165. The van der Waals surface area contributed by atoms with Crippen molar-refractivity contribution < 1.29 is 19.4 Å². The molecule has 6 heteroatoms. The molecular weight excluding hydrogens is 314 g/mol. The highest BCUT2D eigenvalue weighted by Crippen LogP contribution is 2.27. The minimum Gasteiger partial charge on any atom is -0.497 e. The predicted octanol–water partition coefficient (Wildman–Crippen LogP) is 3.34. The first-order valence-electron chi connectivity index (χ1n) is 5.31. The van der Waals surface area contributed by atoms with E-state index in [-0.39, 0.29) is 11.4 Å². The number of carboxylic acid groups (broad SMARTS) is 1. The van der Waals surface area contributed by atoms with E-state index in [0.29, 0.717) is 16.0 Å². The molecule has 1 heterocycles. The minimum atomic E-state index is -1.10. The van der Waals surface area contributed by atoms with Crippen molar-refractivity contribution in [3.63, 3.8) is 0 Å². The molecule has 0 saturated heterocycles. The van der Waals surface area contributed by atoms with Gasteiger partial charge in [0.1, 0.15) is 17.1 Å². The van der Waals surface area contributed by atoms with Gasteiger partial charge in [-0.05, 0) is 34.1 Å². The molecular formula is C13H10BrNO4. The van der Waals surface area contributed by atoms with E-state index >= 15 is 0 Å². The van der Waals surface area contributed by atoms with Crippen LogP contribution in [0, 0.1) is 0 Å². The zero-order chi connectivity index (χ0) is 13.8. The van der Waals surface area contributed by atoms with E-state index in [0.717, 1.165) is 0 Å². The van der Waals surface area contributed by atoms with Crippen molar-refractivity contribution in [1.82, 2.24) is 4.98 Å². The van der Waals surface area contributed by atoms with E-state index in [1.807, 2.05) is 0 Å². The summed E-state index contributed by atoms with van der Waals surface area (Å²) in [7, 11) is 1.54. The normalized spacial score (nSPS) is 10.0. The monoisotopic (exact) mass is 323 g/mol. The van der Waals surface area contributed by atoms with Crippen LogP contribution in [0.15, 0.2) is 41.0 Å². The lowest BCUT2D eigenvalue weighted by Crippen LogP contribution is -2.02. The molecule has 5 nitrogen and oxygen atoms in total. The number of hydrogen-bond acceptors (Lipinski definition) is 4. The van der Waals surface area contributed by atoms with Crippen LogP contribution in [0.3, 0.4) is 0 Å². The third-order valence-corrected chi connectivity index (χ3v) is 2.74. The summed E-state index contributed by atoms with van der Waals surface area (Å²) in [5, 5.41) is 9.10. The number of carboxylic acids is 1. The summed E-state index contributed by atoms with van der Waals surface area (Å²) in [6, 6.07) is 8.28. The average molecular weight is 324 g/mol. The molecule has 0 bridgehead atoms. The van der Waals surface area contributed by atoms with Gasteiger partial charge in [-0.25, -0.2) is 9.78 Å². The number of nitrogens with zero attached hydrogens (tertiary/aromatic N) is 1. The maximum Gasteiger partial charge on any atom is 0.341 e. The molecule has 0 atom stereocenters. The predicted molar refractivity (Wildman–Crippen MR) is 72.0 cm³/mol. The molecule has 0 spiro atoms. The van der Waals surface area contributed by atoms with Crippen molar-refractivity contribution in [1.29, 1.82) is 0 Å². The molecule has 2 rings (SSSR count). The van der Waals surface area contributed by atoms with E-state index in [4.69, 9.17) is 14.6 Å². The maximum atomic E-state index is 11.1. The Morgan fingerprint density at radius 1 is 1.32 bits per heavy atom. The first-order valence-corrected chi connectivity index (χ1v) is 6.10. The molecule has 2 aromatic rings. The van der Waals surface area contributed by atoms with Crippen molar-refractivity contribution in [2.24, 2.45) is 0 Å². The Morgan fingerprint density at radius 3 is 2.74 bits per heavy atom. The van der Waals surface area contributed by atoms with Gasteiger partial charge in [0.2, 0.25) is 5.88 Å². The summed E-state index contributed by atoms with van der Waals surface area (Å²) in [6.45, 7) is 0. The highest BCUT2D eigenvalue weighted by atomic mass is 79.9. The van der Waals surface area contributed by atoms with Crippen molar-refractivity contribution in [2.75, 3.05) is 7.11 Å². The fraction of sp³-hybridized carbons (Fsp3) is 0.0769. The van der Waals surface area contributed by atoms with Gasteiger partial charge in [-0.15, -0.1) is 0 Å². The quantitative estimate of drug-likeness (QED) is 0.934. The third-order valence-electron chi connectivity index (χ3n) is 2.30. The van der Waals surface area contributed by atoms with Crippen molar-refractivity contribution >= 4 is 21.9 Å². The number of ether oxygens (including phenoxy) is 2. The highest BCUT2D eigenvalue weighted by molar-refractivity contribution is 9.10. The first kappa shape index (κ1) is 13.4. The number of aromatic nitrogens is 1. The number of rotatable bonds is 4. The average Bonchev–Trinajstić information content (AvgIpc) is 2.41. The van der Waals surface area contributed by atoms with Crippen LogP contribution in [0.5, 0.6) is 17.4 Å². The van der Waals surface area contributed by atoms with Crippen LogP contribution in [0.25, 0.3) is 0 Å².